The monoisotopic (exact) mass is 356 g/mol. The third-order valence-corrected chi connectivity index (χ3v) is 3.94. The van der Waals surface area contributed by atoms with Crippen molar-refractivity contribution in [1.82, 2.24) is 29.9 Å². The Bertz CT molecular complexity index is 852. The van der Waals surface area contributed by atoms with Gasteiger partial charge in [-0.2, -0.15) is 15.0 Å². The van der Waals surface area contributed by atoms with Gasteiger partial charge in [0.1, 0.15) is 0 Å². The molecule has 1 amide bonds. The van der Waals surface area contributed by atoms with E-state index in [1.165, 1.54) is 4.80 Å². The maximum Gasteiger partial charge on any atom is 0.256 e. The quantitative estimate of drug-likeness (QED) is 0.634. The molecule has 3 rings (SSSR count). The lowest BCUT2D eigenvalue weighted by atomic mass is 10.1. The van der Waals surface area contributed by atoms with Crippen molar-refractivity contribution in [2.75, 3.05) is 13.1 Å². The number of benzene rings is 1. The summed E-state index contributed by atoms with van der Waals surface area (Å²) >= 11 is 5.81. The molecule has 0 unspecified atom stereocenters. The first-order chi connectivity index (χ1) is 12.2. The van der Waals surface area contributed by atoms with E-state index in [9.17, 15) is 4.79 Å². The molecule has 0 bridgehead atoms. The van der Waals surface area contributed by atoms with E-state index >= 15 is 0 Å². The normalized spacial score (nSPS) is 10.6. The van der Waals surface area contributed by atoms with Crippen LogP contribution in [0.15, 0.2) is 48.9 Å². The third kappa shape index (κ3) is 4.00. The predicted molar refractivity (Wildman–Crippen MR) is 93.7 cm³/mol. The Hall–Kier alpha value is -2.80. The summed E-state index contributed by atoms with van der Waals surface area (Å²) < 4.78 is 0. The fraction of sp³-hybridized carbons (Fsp3) is 0.235. The summed E-state index contributed by atoms with van der Waals surface area (Å²) in [6.07, 6.45) is 5.38. The molecular weight excluding hydrogens is 340 g/mol. The summed E-state index contributed by atoms with van der Waals surface area (Å²) in [4.78, 5) is 24.2. The van der Waals surface area contributed by atoms with Crippen molar-refractivity contribution in [3.05, 3.63) is 65.5 Å². The molecule has 0 saturated heterocycles. The first-order valence-electron chi connectivity index (χ1n) is 7.91. The number of carbonyl (C=O) groups is 1. The molecule has 8 heteroatoms. The van der Waals surface area contributed by atoms with Crippen molar-refractivity contribution in [1.29, 1.82) is 0 Å². The number of carbonyl (C=O) groups excluding carboxylic acids is 1. The molecular formula is C17H17ClN6O. The van der Waals surface area contributed by atoms with E-state index in [1.54, 1.807) is 35.6 Å². The van der Waals surface area contributed by atoms with E-state index in [0.29, 0.717) is 30.8 Å². The number of rotatable bonds is 6. The third-order valence-electron chi connectivity index (χ3n) is 3.76. The summed E-state index contributed by atoms with van der Waals surface area (Å²) in [6.45, 7) is 3.06. The molecule has 0 atom stereocenters. The number of aromatic nitrogens is 5. The lowest BCUT2D eigenvalue weighted by Crippen LogP contribution is -2.33. The van der Waals surface area contributed by atoms with Gasteiger partial charge in [0.2, 0.25) is 5.28 Å². The van der Waals surface area contributed by atoms with Crippen LogP contribution in [0.1, 0.15) is 23.0 Å². The van der Waals surface area contributed by atoms with E-state index < -0.39 is 0 Å². The molecule has 0 radical (unpaired) electrons. The highest BCUT2D eigenvalue weighted by Crippen LogP contribution is 2.15. The maximum atomic E-state index is 13.0. The summed E-state index contributed by atoms with van der Waals surface area (Å²) in [5.74, 6) is -0.0736. The van der Waals surface area contributed by atoms with Gasteiger partial charge in [0, 0.05) is 31.4 Å². The van der Waals surface area contributed by atoms with Gasteiger partial charge >= 0.3 is 0 Å². The second-order valence-corrected chi connectivity index (χ2v) is 5.63. The number of para-hydroxylation sites is 1. The van der Waals surface area contributed by atoms with Crippen LogP contribution < -0.4 is 0 Å². The second kappa shape index (κ2) is 7.85. The standard InChI is InChI=1S/C17H17ClN6O/c1-2-23(12-8-13-7-9-19-17(18)22-13)16(25)14-5-3-4-6-15(14)24-20-10-11-21-24/h3-7,9-11H,2,8,12H2,1H3. The van der Waals surface area contributed by atoms with Crippen LogP contribution in [0, 0.1) is 0 Å². The van der Waals surface area contributed by atoms with Gasteiger partial charge in [0.05, 0.1) is 23.6 Å². The number of halogens is 1. The van der Waals surface area contributed by atoms with Crippen LogP contribution >= 0.6 is 11.6 Å². The van der Waals surface area contributed by atoms with Crippen molar-refractivity contribution >= 4 is 17.5 Å². The van der Waals surface area contributed by atoms with E-state index in [2.05, 4.69) is 20.2 Å². The lowest BCUT2D eigenvalue weighted by molar-refractivity contribution is 0.0765. The maximum absolute atomic E-state index is 13.0. The Morgan fingerprint density at radius 2 is 1.92 bits per heavy atom. The predicted octanol–water partition coefficient (Wildman–Crippen LogP) is 2.42. The van der Waals surface area contributed by atoms with Crippen molar-refractivity contribution in [2.45, 2.75) is 13.3 Å². The Morgan fingerprint density at radius 3 is 2.64 bits per heavy atom. The number of hydrogen-bond acceptors (Lipinski definition) is 5. The van der Waals surface area contributed by atoms with Crippen LogP contribution in [0.5, 0.6) is 0 Å². The fourth-order valence-electron chi connectivity index (χ4n) is 2.50. The molecule has 0 saturated carbocycles. The zero-order valence-corrected chi connectivity index (χ0v) is 14.5. The van der Waals surface area contributed by atoms with Gasteiger partial charge in [-0.25, -0.2) is 9.97 Å². The average molecular weight is 357 g/mol. The first kappa shape index (κ1) is 17.0. The molecule has 3 aromatic rings. The van der Waals surface area contributed by atoms with E-state index in [-0.39, 0.29) is 11.2 Å². The highest BCUT2D eigenvalue weighted by atomic mass is 35.5. The number of hydrogen-bond donors (Lipinski definition) is 0. The van der Waals surface area contributed by atoms with Gasteiger partial charge in [0.25, 0.3) is 5.91 Å². The molecule has 0 aliphatic rings. The van der Waals surface area contributed by atoms with Crippen LogP contribution in [0.4, 0.5) is 0 Å². The topological polar surface area (TPSA) is 76.8 Å². The molecule has 0 N–H and O–H groups in total. The second-order valence-electron chi connectivity index (χ2n) is 5.29. The molecule has 0 aliphatic carbocycles. The summed E-state index contributed by atoms with van der Waals surface area (Å²) in [7, 11) is 0. The molecule has 2 aromatic heterocycles. The van der Waals surface area contributed by atoms with Gasteiger partial charge in [-0.3, -0.25) is 4.79 Å². The zero-order chi connectivity index (χ0) is 17.6. The Balaban J connectivity index is 1.79. The number of nitrogens with zero attached hydrogens (tertiary/aromatic N) is 6. The summed E-state index contributed by atoms with van der Waals surface area (Å²) in [5.41, 5.74) is 2.01. The lowest BCUT2D eigenvalue weighted by Gasteiger charge is -2.22. The van der Waals surface area contributed by atoms with Gasteiger partial charge in [-0.1, -0.05) is 12.1 Å². The molecule has 2 heterocycles. The largest absolute Gasteiger partial charge is 0.338 e. The molecule has 0 aliphatic heterocycles. The number of amides is 1. The van der Waals surface area contributed by atoms with E-state index in [1.807, 2.05) is 25.1 Å². The Kier molecular flexibility index (Phi) is 5.35. The van der Waals surface area contributed by atoms with Crippen LogP contribution in [0.3, 0.4) is 0 Å². The molecule has 0 spiro atoms. The van der Waals surface area contributed by atoms with Gasteiger partial charge in [-0.05, 0) is 36.7 Å². The highest BCUT2D eigenvalue weighted by molar-refractivity contribution is 6.28. The minimum atomic E-state index is -0.0736. The van der Waals surface area contributed by atoms with Crippen molar-refractivity contribution in [3.8, 4) is 5.69 Å². The fourth-order valence-corrected chi connectivity index (χ4v) is 2.67. The molecule has 128 valence electrons. The van der Waals surface area contributed by atoms with Gasteiger partial charge < -0.3 is 4.90 Å². The molecule has 7 nitrogen and oxygen atoms in total. The SMILES string of the molecule is CCN(CCc1ccnc(Cl)n1)C(=O)c1ccccc1-n1nccn1. The van der Waals surface area contributed by atoms with Gasteiger partial charge in [0.15, 0.2) is 0 Å². The number of likely N-dealkylation sites (N-methyl/N-ethyl adjacent to an activating group) is 1. The Morgan fingerprint density at radius 1 is 1.16 bits per heavy atom. The van der Waals surface area contributed by atoms with Crippen LogP contribution in [0.25, 0.3) is 5.69 Å². The zero-order valence-electron chi connectivity index (χ0n) is 13.7. The van der Waals surface area contributed by atoms with Crippen LogP contribution in [-0.4, -0.2) is 48.9 Å². The van der Waals surface area contributed by atoms with Crippen molar-refractivity contribution in [2.24, 2.45) is 0 Å². The minimum Gasteiger partial charge on any atom is -0.338 e. The smallest absolute Gasteiger partial charge is 0.256 e. The first-order valence-corrected chi connectivity index (χ1v) is 8.29. The van der Waals surface area contributed by atoms with Crippen LogP contribution in [0.2, 0.25) is 5.28 Å². The van der Waals surface area contributed by atoms with E-state index in [4.69, 9.17) is 11.6 Å². The van der Waals surface area contributed by atoms with Crippen LogP contribution in [-0.2, 0) is 6.42 Å². The summed E-state index contributed by atoms with van der Waals surface area (Å²) in [6, 6.07) is 9.09. The van der Waals surface area contributed by atoms with Crippen molar-refractivity contribution < 1.29 is 4.79 Å². The van der Waals surface area contributed by atoms with E-state index in [0.717, 1.165) is 5.69 Å². The van der Waals surface area contributed by atoms with Gasteiger partial charge in [-0.15, -0.1) is 0 Å². The van der Waals surface area contributed by atoms with Crippen molar-refractivity contribution in [3.63, 3.8) is 0 Å². The average Bonchev–Trinajstić information content (AvgIpc) is 3.16. The molecule has 0 fully saturated rings. The highest BCUT2D eigenvalue weighted by Gasteiger charge is 2.19. The summed E-state index contributed by atoms with van der Waals surface area (Å²) in [5, 5.41) is 8.45. The molecule has 1 aromatic carbocycles. The minimum absolute atomic E-state index is 0.0736. The Labute approximate surface area is 150 Å². The molecule has 25 heavy (non-hydrogen) atoms.